The average Bonchev–Trinajstić information content (AvgIpc) is 2.69. The molecule has 2 rings (SSSR count). The molecule has 1 amide bonds. The summed E-state index contributed by atoms with van der Waals surface area (Å²) in [5.41, 5.74) is 2.50. The summed E-state index contributed by atoms with van der Waals surface area (Å²) in [6.07, 6.45) is 2.46. The Hall–Kier alpha value is -2.23. The van der Waals surface area contributed by atoms with Gasteiger partial charge in [0, 0.05) is 45.5 Å². The molecule has 6 nitrogen and oxygen atoms in total. The lowest BCUT2D eigenvalue weighted by Gasteiger charge is -2.18. The first kappa shape index (κ1) is 23.8. The quantitative estimate of drug-likeness (QED) is 0.349. The fraction of sp³-hybridized carbons (Fsp3) is 0.350. The van der Waals surface area contributed by atoms with E-state index in [1.54, 1.807) is 44.2 Å². The highest BCUT2D eigenvalue weighted by Gasteiger charge is 2.10. The van der Waals surface area contributed by atoms with E-state index in [-0.39, 0.29) is 42.2 Å². The number of aliphatic imine (C=N–C) groups is 1. The molecule has 0 aliphatic rings. The zero-order chi connectivity index (χ0) is 19.6. The largest absolute Gasteiger partial charge is 0.352 e. The van der Waals surface area contributed by atoms with Crippen molar-refractivity contribution in [3.8, 4) is 0 Å². The molecule has 0 saturated carbocycles. The third-order valence-electron chi connectivity index (χ3n) is 4.17. The number of likely N-dealkylation sites (N-methyl/N-ethyl adjacent to an activating group) is 1. The second kappa shape index (κ2) is 12.3. The fourth-order valence-electron chi connectivity index (χ4n) is 2.47. The van der Waals surface area contributed by atoms with E-state index in [9.17, 15) is 9.18 Å². The Morgan fingerprint density at radius 3 is 2.68 bits per heavy atom. The van der Waals surface area contributed by atoms with Gasteiger partial charge in [0.05, 0.1) is 6.54 Å². The lowest BCUT2D eigenvalue weighted by molar-refractivity contribution is -0.128. The predicted molar refractivity (Wildman–Crippen MR) is 120 cm³/mol. The Morgan fingerprint density at radius 2 is 2.04 bits per heavy atom. The van der Waals surface area contributed by atoms with Gasteiger partial charge in [0.2, 0.25) is 5.91 Å². The molecule has 0 spiro atoms. The van der Waals surface area contributed by atoms with Crippen LogP contribution in [0.25, 0.3) is 0 Å². The molecule has 2 N–H and O–H groups in total. The fourth-order valence-corrected chi connectivity index (χ4v) is 2.47. The molecule has 2 aromatic rings. The van der Waals surface area contributed by atoms with Crippen LogP contribution in [0.4, 0.5) is 4.39 Å². The maximum atomic E-state index is 13.3. The second-order valence-corrected chi connectivity index (χ2v) is 6.25. The van der Waals surface area contributed by atoms with E-state index in [0.717, 1.165) is 11.3 Å². The van der Waals surface area contributed by atoms with Crippen LogP contribution in [0.3, 0.4) is 0 Å². The predicted octanol–water partition coefficient (Wildman–Crippen LogP) is 2.51. The molecule has 28 heavy (non-hydrogen) atoms. The molecular formula is C20H27FIN5O. The highest BCUT2D eigenvalue weighted by molar-refractivity contribution is 14.0. The van der Waals surface area contributed by atoms with Crippen LogP contribution in [0.1, 0.15) is 16.8 Å². The van der Waals surface area contributed by atoms with E-state index in [4.69, 9.17) is 0 Å². The number of nitrogens with one attached hydrogen (secondary N) is 2. The van der Waals surface area contributed by atoms with Crippen molar-refractivity contribution >= 4 is 35.8 Å². The second-order valence-electron chi connectivity index (χ2n) is 6.25. The van der Waals surface area contributed by atoms with Crippen molar-refractivity contribution in [2.45, 2.75) is 19.9 Å². The molecule has 1 aromatic carbocycles. The Kier molecular flexibility index (Phi) is 10.4. The zero-order valence-corrected chi connectivity index (χ0v) is 18.7. The van der Waals surface area contributed by atoms with Crippen molar-refractivity contribution < 1.29 is 9.18 Å². The summed E-state index contributed by atoms with van der Waals surface area (Å²) >= 11 is 0. The summed E-state index contributed by atoms with van der Waals surface area (Å²) in [4.78, 5) is 22.3. The first-order valence-electron chi connectivity index (χ1n) is 8.83. The molecule has 0 saturated heterocycles. The molecule has 0 radical (unpaired) electrons. The number of aromatic nitrogens is 1. The first-order valence-corrected chi connectivity index (χ1v) is 8.83. The van der Waals surface area contributed by atoms with Gasteiger partial charge >= 0.3 is 0 Å². The van der Waals surface area contributed by atoms with E-state index < -0.39 is 0 Å². The molecule has 0 atom stereocenters. The van der Waals surface area contributed by atoms with E-state index in [2.05, 4.69) is 20.6 Å². The number of hydrogen-bond donors (Lipinski definition) is 2. The number of carbonyl (C=O) groups is 1. The SMILES string of the molecule is CN=C(NCC(=O)N(C)CCc1ccccn1)NCc1ccc(F)c(C)c1.I. The maximum Gasteiger partial charge on any atom is 0.241 e. The van der Waals surface area contributed by atoms with Crippen LogP contribution in [0.5, 0.6) is 0 Å². The summed E-state index contributed by atoms with van der Waals surface area (Å²) in [7, 11) is 3.41. The number of guanidine groups is 1. The van der Waals surface area contributed by atoms with Gasteiger partial charge in [-0.05, 0) is 36.2 Å². The highest BCUT2D eigenvalue weighted by Crippen LogP contribution is 2.08. The van der Waals surface area contributed by atoms with Crippen LogP contribution < -0.4 is 10.6 Å². The summed E-state index contributed by atoms with van der Waals surface area (Å²) < 4.78 is 13.3. The number of aryl methyl sites for hydroxylation is 1. The van der Waals surface area contributed by atoms with Crippen molar-refractivity contribution in [3.63, 3.8) is 0 Å². The van der Waals surface area contributed by atoms with Gasteiger partial charge < -0.3 is 15.5 Å². The minimum absolute atomic E-state index is 0. The molecule has 0 aliphatic carbocycles. The molecule has 0 bridgehead atoms. The summed E-state index contributed by atoms with van der Waals surface area (Å²) in [5, 5.41) is 6.12. The van der Waals surface area contributed by atoms with Gasteiger partial charge in [-0.2, -0.15) is 0 Å². The minimum Gasteiger partial charge on any atom is -0.352 e. The van der Waals surface area contributed by atoms with Gasteiger partial charge in [-0.15, -0.1) is 24.0 Å². The van der Waals surface area contributed by atoms with Crippen molar-refractivity contribution in [3.05, 3.63) is 65.2 Å². The standard InChI is InChI=1S/C20H26FN5O.HI/c1-15-12-16(7-8-18(15)21)13-24-20(22-2)25-14-19(27)26(3)11-9-17-6-4-5-10-23-17;/h4-8,10,12H,9,11,13-14H2,1-3H3,(H2,22,24,25);1H. The Bertz CT molecular complexity index is 785. The first-order chi connectivity index (χ1) is 13.0. The normalized spacial score (nSPS) is 10.8. The highest BCUT2D eigenvalue weighted by atomic mass is 127. The number of hydrogen-bond acceptors (Lipinski definition) is 3. The Labute approximate surface area is 182 Å². The minimum atomic E-state index is -0.222. The van der Waals surface area contributed by atoms with Crippen LogP contribution in [0.15, 0.2) is 47.6 Å². The Balaban J connectivity index is 0.00000392. The zero-order valence-electron chi connectivity index (χ0n) is 16.4. The van der Waals surface area contributed by atoms with Crippen molar-refractivity contribution in [2.75, 3.05) is 27.2 Å². The smallest absolute Gasteiger partial charge is 0.241 e. The van der Waals surface area contributed by atoms with Crippen LogP contribution in [0, 0.1) is 12.7 Å². The lowest BCUT2D eigenvalue weighted by atomic mass is 10.1. The molecule has 1 heterocycles. The van der Waals surface area contributed by atoms with Crippen LogP contribution in [0.2, 0.25) is 0 Å². The molecule has 0 fully saturated rings. The van der Waals surface area contributed by atoms with E-state index in [0.29, 0.717) is 31.0 Å². The Morgan fingerprint density at radius 1 is 1.25 bits per heavy atom. The summed E-state index contributed by atoms with van der Waals surface area (Å²) in [6.45, 7) is 2.95. The number of benzene rings is 1. The average molecular weight is 499 g/mol. The van der Waals surface area contributed by atoms with E-state index >= 15 is 0 Å². The van der Waals surface area contributed by atoms with Crippen molar-refractivity contribution in [2.24, 2.45) is 4.99 Å². The van der Waals surface area contributed by atoms with E-state index in [1.807, 2.05) is 18.2 Å². The van der Waals surface area contributed by atoms with Gasteiger partial charge in [-0.1, -0.05) is 18.2 Å². The molecule has 8 heteroatoms. The molecule has 152 valence electrons. The molecule has 1 aromatic heterocycles. The summed E-state index contributed by atoms with van der Waals surface area (Å²) in [6, 6.07) is 10.7. The molecule has 0 unspecified atom stereocenters. The van der Waals surface area contributed by atoms with Gasteiger partial charge in [-0.3, -0.25) is 14.8 Å². The third-order valence-corrected chi connectivity index (χ3v) is 4.17. The number of pyridine rings is 1. The topological polar surface area (TPSA) is 69.6 Å². The van der Waals surface area contributed by atoms with Gasteiger partial charge in [0.1, 0.15) is 5.82 Å². The van der Waals surface area contributed by atoms with Crippen molar-refractivity contribution in [1.82, 2.24) is 20.5 Å². The van der Waals surface area contributed by atoms with Crippen LogP contribution >= 0.6 is 24.0 Å². The number of carbonyl (C=O) groups excluding carboxylic acids is 1. The monoisotopic (exact) mass is 499 g/mol. The molecule has 0 aliphatic heterocycles. The summed E-state index contributed by atoms with van der Waals surface area (Å²) in [5.74, 6) is 0.260. The van der Waals surface area contributed by atoms with Gasteiger partial charge in [0.25, 0.3) is 0 Å². The number of nitrogens with zero attached hydrogens (tertiary/aromatic N) is 3. The maximum absolute atomic E-state index is 13.3. The van der Waals surface area contributed by atoms with E-state index in [1.165, 1.54) is 6.07 Å². The molecular weight excluding hydrogens is 472 g/mol. The third kappa shape index (κ3) is 7.79. The van der Waals surface area contributed by atoms with Gasteiger partial charge in [0.15, 0.2) is 5.96 Å². The lowest BCUT2D eigenvalue weighted by Crippen LogP contribution is -2.43. The van der Waals surface area contributed by atoms with Gasteiger partial charge in [-0.25, -0.2) is 4.39 Å². The van der Waals surface area contributed by atoms with Crippen LogP contribution in [-0.2, 0) is 17.8 Å². The number of rotatable bonds is 7. The number of halogens is 2. The van der Waals surface area contributed by atoms with Crippen molar-refractivity contribution in [1.29, 1.82) is 0 Å². The number of amides is 1. The van der Waals surface area contributed by atoms with Crippen LogP contribution in [-0.4, -0.2) is 48.9 Å².